The van der Waals surface area contributed by atoms with Crippen LogP contribution in [0.2, 0.25) is 0 Å². The van der Waals surface area contributed by atoms with Crippen molar-refractivity contribution in [3.8, 4) is 0 Å². The summed E-state index contributed by atoms with van der Waals surface area (Å²) in [5, 5.41) is 6.87. The van der Waals surface area contributed by atoms with Crippen molar-refractivity contribution in [3.05, 3.63) is 0 Å². The molecular weight excluding hydrogens is 164 g/mol. The Labute approximate surface area is 81.2 Å². The second-order valence-corrected chi connectivity index (χ2v) is 3.73. The molecule has 1 fully saturated rings. The molecule has 3 nitrogen and oxygen atoms in total. The first-order chi connectivity index (χ1) is 6.36. The molecule has 3 heteroatoms. The van der Waals surface area contributed by atoms with Gasteiger partial charge in [-0.1, -0.05) is 6.92 Å². The minimum absolute atomic E-state index is 0.515. The number of ether oxygens (including phenoxy) is 1. The standard InChI is InChI=1S/C10H22N2O/c1-3-4-11-5-6-12-9-7-10(8-9)13-2/h9-12H,3-8H2,1-2H3. The summed E-state index contributed by atoms with van der Waals surface area (Å²) in [5.74, 6) is 0. The summed E-state index contributed by atoms with van der Waals surface area (Å²) in [4.78, 5) is 0. The predicted molar refractivity (Wildman–Crippen MR) is 55.0 cm³/mol. The molecule has 78 valence electrons. The SMILES string of the molecule is CCCNCCNC1CC(OC)C1. The third kappa shape index (κ3) is 4.07. The van der Waals surface area contributed by atoms with E-state index >= 15 is 0 Å². The lowest BCUT2D eigenvalue weighted by Crippen LogP contribution is -2.46. The van der Waals surface area contributed by atoms with E-state index in [-0.39, 0.29) is 0 Å². The summed E-state index contributed by atoms with van der Waals surface area (Å²) in [6.07, 6.45) is 4.10. The largest absolute Gasteiger partial charge is 0.381 e. The Morgan fingerprint density at radius 2 is 2.00 bits per heavy atom. The fourth-order valence-electron chi connectivity index (χ4n) is 1.59. The van der Waals surface area contributed by atoms with Gasteiger partial charge in [-0.2, -0.15) is 0 Å². The molecule has 0 aromatic rings. The van der Waals surface area contributed by atoms with Gasteiger partial charge in [-0.25, -0.2) is 0 Å². The van der Waals surface area contributed by atoms with E-state index in [1.165, 1.54) is 19.3 Å². The van der Waals surface area contributed by atoms with Gasteiger partial charge in [0.1, 0.15) is 0 Å². The van der Waals surface area contributed by atoms with Crippen LogP contribution in [0.3, 0.4) is 0 Å². The van der Waals surface area contributed by atoms with Gasteiger partial charge in [-0.15, -0.1) is 0 Å². The molecule has 0 saturated heterocycles. The minimum atomic E-state index is 0.515. The second-order valence-electron chi connectivity index (χ2n) is 3.73. The molecule has 0 aliphatic heterocycles. The molecule has 1 aliphatic carbocycles. The van der Waals surface area contributed by atoms with E-state index in [0.717, 1.165) is 19.6 Å². The number of hydrogen-bond donors (Lipinski definition) is 2. The zero-order valence-electron chi connectivity index (χ0n) is 8.81. The van der Waals surface area contributed by atoms with Crippen LogP contribution in [0.4, 0.5) is 0 Å². The maximum absolute atomic E-state index is 5.21. The minimum Gasteiger partial charge on any atom is -0.381 e. The lowest BCUT2D eigenvalue weighted by molar-refractivity contribution is 0.0177. The van der Waals surface area contributed by atoms with Gasteiger partial charge < -0.3 is 15.4 Å². The molecule has 1 aliphatic rings. The molecule has 0 amide bonds. The third-order valence-electron chi connectivity index (χ3n) is 2.59. The van der Waals surface area contributed by atoms with E-state index in [0.29, 0.717) is 12.1 Å². The van der Waals surface area contributed by atoms with Crippen LogP contribution >= 0.6 is 0 Å². The van der Waals surface area contributed by atoms with Gasteiger partial charge in [0.15, 0.2) is 0 Å². The molecule has 13 heavy (non-hydrogen) atoms. The quantitative estimate of drug-likeness (QED) is 0.576. The summed E-state index contributed by atoms with van der Waals surface area (Å²) in [6, 6.07) is 0.702. The van der Waals surface area contributed by atoms with E-state index in [4.69, 9.17) is 4.74 Å². The molecule has 0 bridgehead atoms. The third-order valence-corrected chi connectivity index (χ3v) is 2.59. The molecule has 0 atom stereocenters. The average Bonchev–Trinajstić information content (AvgIpc) is 2.08. The van der Waals surface area contributed by atoms with Crippen molar-refractivity contribution < 1.29 is 4.74 Å². The first-order valence-corrected chi connectivity index (χ1v) is 5.33. The Bertz CT molecular complexity index is 124. The van der Waals surface area contributed by atoms with Gasteiger partial charge in [0, 0.05) is 26.2 Å². The van der Waals surface area contributed by atoms with Crippen molar-refractivity contribution in [2.45, 2.75) is 38.3 Å². The summed E-state index contributed by atoms with van der Waals surface area (Å²) in [7, 11) is 1.80. The van der Waals surface area contributed by atoms with Crippen LogP contribution < -0.4 is 10.6 Å². The van der Waals surface area contributed by atoms with E-state index in [2.05, 4.69) is 17.6 Å². The van der Waals surface area contributed by atoms with Gasteiger partial charge in [0.05, 0.1) is 6.10 Å². The maximum Gasteiger partial charge on any atom is 0.0601 e. The van der Waals surface area contributed by atoms with Gasteiger partial charge in [0.25, 0.3) is 0 Å². The van der Waals surface area contributed by atoms with Crippen LogP contribution in [0, 0.1) is 0 Å². The van der Waals surface area contributed by atoms with Crippen molar-refractivity contribution in [1.82, 2.24) is 10.6 Å². The summed E-state index contributed by atoms with van der Waals surface area (Å²) in [6.45, 7) is 5.49. The molecule has 1 rings (SSSR count). The Hall–Kier alpha value is -0.120. The highest BCUT2D eigenvalue weighted by molar-refractivity contribution is 4.85. The molecule has 1 saturated carbocycles. The second kappa shape index (κ2) is 6.35. The highest BCUT2D eigenvalue weighted by atomic mass is 16.5. The highest BCUT2D eigenvalue weighted by Crippen LogP contribution is 2.21. The summed E-state index contributed by atoms with van der Waals surface area (Å²) >= 11 is 0. The topological polar surface area (TPSA) is 33.3 Å². The van der Waals surface area contributed by atoms with Crippen LogP contribution in [0.15, 0.2) is 0 Å². The number of rotatable bonds is 7. The van der Waals surface area contributed by atoms with E-state index in [1.807, 2.05) is 0 Å². The molecule has 0 aromatic heterocycles. The van der Waals surface area contributed by atoms with Crippen molar-refractivity contribution in [2.24, 2.45) is 0 Å². The number of nitrogens with one attached hydrogen (secondary N) is 2. The lowest BCUT2D eigenvalue weighted by Gasteiger charge is -2.34. The molecular formula is C10H22N2O. The Morgan fingerprint density at radius 3 is 2.62 bits per heavy atom. The highest BCUT2D eigenvalue weighted by Gasteiger charge is 2.27. The lowest BCUT2D eigenvalue weighted by atomic mass is 9.89. The monoisotopic (exact) mass is 186 g/mol. The summed E-state index contributed by atoms with van der Waals surface area (Å²) in [5.41, 5.74) is 0. The maximum atomic E-state index is 5.21. The number of methoxy groups -OCH3 is 1. The van der Waals surface area contributed by atoms with Crippen molar-refractivity contribution >= 4 is 0 Å². The van der Waals surface area contributed by atoms with Gasteiger partial charge in [0.2, 0.25) is 0 Å². The first-order valence-electron chi connectivity index (χ1n) is 5.33. The van der Waals surface area contributed by atoms with Crippen LogP contribution in [-0.4, -0.2) is 38.9 Å². The van der Waals surface area contributed by atoms with Crippen LogP contribution in [-0.2, 0) is 4.74 Å². The normalized spacial score (nSPS) is 27.2. The molecule has 0 aromatic carbocycles. The van der Waals surface area contributed by atoms with Crippen molar-refractivity contribution in [2.75, 3.05) is 26.7 Å². The smallest absolute Gasteiger partial charge is 0.0601 e. The fourth-order valence-corrected chi connectivity index (χ4v) is 1.59. The van der Waals surface area contributed by atoms with Gasteiger partial charge in [-0.05, 0) is 25.8 Å². The Kier molecular flexibility index (Phi) is 5.35. The molecule has 0 heterocycles. The van der Waals surface area contributed by atoms with Gasteiger partial charge >= 0.3 is 0 Å². The number of hydrogen-bond acceptors (Lipinski definition) is 3. The summed E-state index contributed by atoms with van der Waals surface area (Å²) < 4.78 is 5.21. The van der Waals surface area contributed by atoms with Crippen LogP contribution in [0.5, 0.6) is 0 Å². The van der Waals surface area contributed by atoms with Crippen LogP contribution in [0.1, 0.15) is 26.2 Å². The zero-order chi connectivity index (χ0) is 9.52. The predicted octanol–water partition coefficient (Wildman–Crippen LogP) is 0.753. The van der Waals surface area contributed by atoms with Crippen molar-refractivity contribution in [3.63, 3.8) is 0 Å². The molecule has 2 N–H and O–H groups in total. The van der Waals surface area contributed by atoms with Gasteiger partial charge in [-0.3, -0.25) is 0 Å². The van der Waals surface area contributed by atoms with Crippen molar-refractivity contribution in [1.29, 1.82) is 0 Å². The van der Waals surface area contributed by atoms with E-state index < -0.39 is 0 Å². The van der Waals surface area contributed by atoms with Crippen LogP contribution in [0.25, 0.3) is 0 Å². The van der Waals surface area contributed by atoms with E-state index in [1.54, 1.807) is 7.11 Å². The molecule has 0 unspecified atom stereocenters. The molecule has 0 radical (unpaired) electrons. The van der Waals surface area contributed by atoms with E-state index in [9.17, 15) is 0 Å². The molecule has 0 spiro atoms. The average molecular weight is 186 g/mol. The Balaban J connectivity index is 1.80. The fraction of sp³-hybridized carbons (Fsp3) is 1.00. The zero-order valence-corrected chi connectivity index (χ0v) is 8.81. The Morgan fingerprint density at radius 1 is 1.23 bits per heavy atom. The first kappa shape index (κ1) is 11.0.